The van der Waals surface area contributed by atoms with Gasteiger partial charge in [0.15, 0.2) is 0 Å². The van der Waals surface area contributed by atoms with Crippen molar-refractivity contribution >= 4 is 0 Å². The number of fused-ring (bicyclic) bond motifs is 1. The molecule has 0 amide bonds. The number of hydrogen-bond donors (Lipinski definition) is 4. The smallest absolute Gasteiger partial charge is 0.129 e. The van der Waals surface area contributed by atoms with Crippen molar-refractivity contribution in [2.75, 3.05) is 0 Å². The molecular weight excluding hydrogens is 224 g/mol. The van der Waals surface area contributed by atoms with Gasteiger partial charge in [0, 0.05) is 0 Å². The predicted octanol–water partition coefficient (Wildman–Crippen LogP) is -0.448. The maximum absolute atomic E-state index is 10.6. The quantitative estimate of drug-likeness (QED) is 0.434. The van der Waals surface area contributed by atoms with Crippen molar-refractivity contribution in [3.63, 3.8) is 0 Å². The van der Waals surface area contributed by atoms with Gasteiger partial charge in [0.05, 0.1) is 0 Å². The second kappa shape index (κ2) is 2.56. The van der Waals surface area contributed by atoms with E-state index in [9.17, 15) is 20.4 Å². The first-order chi connectivity index (χ1) is 7.21. The van der Waals surface area contributed by atoms with Gasteiger partial charge in [-0.05, 0) is 41.5 Å². The highest BCUT2D eigenvalue weighted by Gasteiger charge is 2.90. The Kier molecular flexibility index (Phi) is 1.99. The monoisotopic (exact) mass is 246 g/mol. The van der Waals surface area contributed by atoms with E-state index in [4.69, 9.17) is 4.74 Å². The summed E-state index contributed by atoms with van der Waals surface area (Å²) in [7, 11) is 0. The third kappa shape index (κ3) is 0.901. The highest BCUT2D eigenvalue weighted by molar-refractivity contribution is 5.40. The summed E-state index contributed by atoms with van der Waals surface area (Å²) in [4.78, 5) is 0. The lowest BCUT2D eigenvalue weighted by Gasteiger charge is -2.60. The van der Waals surface area contributed by atoms with Crippen LogP contribution >= 0.6 is 0 Å². The van der Waals surface area contributed by atoms with E-state index in [1.807, 2.05) is 0 Å². The molecule has 0 spiro atoms. The van der Waals surface area contributed by atoms with Crippen LogP contribution in [-0.4, -0.2) is 54.0 Å². The predicted molar refractivity (Wildman–Crippen MR) is 60.4 cm³/mol. The van der Waals surface area contributed by atoms with E-state index < -0.39 is 33.6 Å². The van der Waals surface area contributed by atoms with Gasteiger partial charge in [0.25, 0.3) is 0 Å². The Morgan fingerprint density at radius 3 is 1.00 bits per heavy atom. The van der Waals surface area contributed by atoms with Crippen LogP contribution in [0.3, 0.4) is 0 Å². The molecule has 0 aromatic heterocycles. The Labute approximate surface area is 101 Å². The molecule has 0 aromatic rings. The van der Waals surface area contributed by atoms with Crippen LogP contribution in [0.25, 0.3) is 0 Å². The highest BCUT2D eigenvalue weighted by atomic mass is 16.7. The molecule has 1 saturated heterocycles. The van der Waals surface area contributed by atoms with Gasteiger partial charge in [-0.25, -0.2) is 0 Å². The van der Waals surface area contributed by atoms with Crippen molar-refractivity contribution in [3.8, 4) is 0 Å². The summed E-state index contributed by atoms with van der Waals surface area (Å²) in [6.07, 6.45) is 0. The maximum atomic E-state index is 10.6. The third-order valence-corrected chi connectivity index (χ3v) is 5.98. The minimum atomic E-state index is -1.91. The van der Waals surface area contributed by atoms with Crippen molar-refractivity contribution in [2.24, 2.45) is 0 Å². The van der Waals surface area contributed by atoms with Gasteiger partial charge in [-0.15, -0.1) is 0 Å². The molecule has 0 aromatic carbocycles. The fourth-order valence-electron chi connectivity index (χ4n) is 3.39. The van der Waals surface area contributed by atoms with E-state index in [1.165, 1.54) is 27.7 Å². The van der Waals surface area contributed by atoms with E-state index in [2.05, 4.69) is 0 Å². The number of epoxide rings is 1. The molecule has 0 bridgehead atoms. The summed E-state index contributed by atoms with van der Waals surface area (Å²) in [5.74, 6) is 0. The van der Waals surface area contributed by atoms with E-state index in [-0.39, 0.29) is 0 Å². The zero-order chi connectivity index (χ0) is 13.7. The number of ether oxygens (including phenoxy) is 1. The molecule has 5 heteroatoms. The van der Waals surface area contributed by atoms with Crippen LogP contribution in [0.2, 0.25) is 0 Å². The Hall–Kier alpha value is -0.200. The minimum absolute atomic E-state index is 1.10. The van der Waals surface area contributed by atoms with E-state index >= 15 is 0 Å². The van der Waals surface area contributed by atoms with Crippen LogP contribution in [0.15, 0.2) is 0 Å². The van der Waals surface area contributed by atoms with Crippen molar-refractivity contribution in [1.29, 1.82) is 0 Å². The zero-order valence-electron chi connectivity index (χ0n) is 11.2. The normalized spacial score (nSPS) is 70.9. The maximum Gasteiger partial charge on any atom is 0.129 e. The average Bonchev–Trinajstić information content (AvgIpc) is 2.71. The summed E-state index contributed by atoms with van der Waals surface area (Å²) in [6.45, 7) is 8.72. The molecule has 1 aliphatic heterocycles. The lowest BCUT2D eigenvalue weighted by Crippen LogP contribution is -2.83. The molecule has 6 atom stereocenters. The molecular formula is C12H22O5. The van der Waals surface area contributed by atoms with Crippen LogP contribution in [0.5, 0.6) is 0 Å². The van der Waals surface area contributed by atoms with Gasteiger partial charge < -0.3 is 25.2 Å². The number of hydrogen-bond acceptors (Lipinski definition) is 5. The van der Waals surface area contributed by atoms with Crippen LogP contribution in [0.4, 0.5) is 0 Å². The molecule has 5 nitrogen and oxygen atoms in total. The van der Waals surface area contributed by atoms with Gasteiger partial charge in [-0.3, -0.25) is 0 Å². The minimum Gasteiger partial charge on any atom is -0.384 e. The fraction of sp³-hybridized carbons (Fsp3) is 1.00. The van der Waals surface area contributed by atoms with Gasteiger partial charge >= 0.3 is 0 Å². The van der Waals surface area contributed by atoms with Crippen molar-refractivity contribution in [1.82, 2.24) is 0 Å². The SMILES string of the molecule is CC1(O)C(C)(O)C(C)(O)C2(C)OC2(C)C1(C)O. The van der Waals surface area contributed by atoms with Crippen molar-refractivity contribution < 1.29 is 25.2 Å². The average molecular weight is 246 g/mol. The Bertz CT molecular complexity index is 348. The first kappa shape index (κ1) is 13.2. The van der Waals surface area contributed by atoms with Crippen molar-refractivity contribution in [2.45, 2.75) is 75.1 Å². The molecule has 4 N–H and O–H groups in total. The van der Waals surface area contributed by atoms with E-state index in [0.717, 1.165) is 0 Å². The molecule has 100 valence electrons. The lowest BCUT2D eigenvalue weighted by atomic mass is 9.51. The highest BCUT2D eigenvalue weighted by Crippen LogP contribution is 2.69. The van der Waals surface area contributed by atoms with E-state index in [1.54, 1.807) is 13.8 Å². The molecule has 2 rings (SSSR count). The lowest BCUT2D eigenvalue weighted by molar-refractivity contribution is -0.315. The van der Waals surface area contributed by atoms with Crippen molar-refractivity contribution in [3.05, 3.63) is 0 Å². The molecule has 1 saturated carbocycles. The summed E-state index contributed by atoms with van der Waals surface area (Å²) in [5, 5.41) is 42.1. The molecule has 1 heterocycles. The molecule has 17 heavy (non-hydrogen) atoms. The summed E-state index contributed by atoms with van der Waals surface area (Å²) in [5.41, 5.74) is -9.38. The fourth-order valence-corrected chi connectivity index (χ4v) is 3.39. The van der Waals surface area contributed by atoms with Gasteiger partial charge in [0.1, 0.15) is 33.6 Å². The second-order valence-electron chi connectivity index (χ2n) is 6.46. The van der Waals surface area contributed by atoms with Gasteiger partial charge in [-0.2, -0.15) is 0 Å². The van der Waals surface area contributed by atoms with Crippen LogP contribution in [0, 0.1) is 0 Å². The zero-order valence-corrected chi connectivity index (χ0v) is 11.2. The molecule has 1 aliphatic carbocycles. The standard InChI is InChI=1S/C12H22O5/c1-7(13)8(2,14)10(4,16)12(6)11(5,17-12)9(7,3)15/h13-16H,1-6H3. The summed E-state index contributed by atoms with van der Waals surface area (Å²) >= 11 is 0. The van der Waals surface area contributed by atoms with Crippen LogP contribution < -0.4 is 0 Å². The molecule has 0 radical (unpaired) electrons. The number of aliphatic hydroxyl groups is 4. The first-order valence-corrected chi connectivity index (χ1v) is 5.80. The largest absolute Gasteiger partial charge is 0.384 e. The first-order valence-electron chi connectivity index (χ1n) is 5.80. The Morgan fingerprint density at radius 1 is 0.529 bits per heavy atom. The summed E-state index contributed by atoms with van der Waals surface area (Å²) < 4.78 is 5.53. The summed E-state index contributed by atoms with van der Waals surface area (Å²) in [6, 6.07) is 0. The topological polar surface area (TPSA) is 93.5 Å². The van der Waals surface area contributed by atoms with Gasteiger partial charge in [0.2, 0.25) is 0 Å². The number of rotatable bonds is 0. The van der Waals surface area contributed by atoms with E-state index in [0.29, 0.717) is 0 Å². The Balaban J connectivity index is 2.71. The molecule has 2 aliphatic rings. The van der Waals surface area contributed by atoms with Crippen LogP contribution in [-0.2, 0) is 4.74 Å². The van der Waals surface area contributed by atoms with Crippen LogP contribution in [0.1, 0.15) is 41.5 Å². The Morgan fingerprint density at radius 2 is 0.765 bits per heavy atom. The molecule has 6 unspecified atom stereocenters. The molecule has 2 fully saturated rings. The third-order valence-electron chi connectivity index (χ3n) is 5.98. The van der Waals surface area contributed by atoms with Gasteiger partial charge in [-0.1, -0.05) is 0 Å². The second-order valence-corrected chi connectivity index (χ2v) is 6.46.